The number of aromatic amines is 1. The van der Waals surface area contributed by atoms with Crippen LogP contribution in [0.5, 0.6) is 0 Å². The molecule has 14 heteroatoms. The number of hydrogen-bond donors (Lipinski definition) is 8. The summed E-state index contributed by atoms with van der Waals surface area (Å²) >= 11 is 0. The number of aromatic nitrogens is 4. The molecule has 3 heterocycles. The lowest BCUT2D eigenvalue weighted by Crippen LogP contribution is -2.36. The number of anilines is 2. The number of nitrogens with zero attached hydrogens (tertiary/aromatic N) is 3. The van der Waals surface area contributed by atoms with Gasteiger partial charge in [-0.2, -0.15) is 4.98 Å². The van der Waals surface area contributed by atoms with Gasteiger partial charge in [-0.3, -0.25) is 14.3 Å². The summed E-state index contributed by atoms with van der Waals surface area (Å²) in [5.74, 6) is -1.95. The molecule has 0 radical (unpaired) electrons. The molecule has 27 heavy (non-hydrogen) atoms. The second kappa shape index (κ2) is 7.09. The monoisotopic (exact) mass is 386 g/mol. The van der Waals surface area contributed by atoms with E-state index in [4.69, 9.17) is 15.6 Å². The maximum absolute atomic E-state index is 12.1. The summed E-state index contributed by atoms with van der Waals surface area (Å²) in [7, 11) is 0. The number of carboxylic acids is 1. The van der Waals surface area contributed by atoms with E-state index in [0.717, 1.165) is 4.57 Å². The molecular weight excluding hydrogens is 368 g/mol. The van der Waals surface area contributed by atoms with E-state index < -0.39 is 55.3 Å². The van der Waals surface area contributed by atoms with Crippen molar-refractivity contribution in [2.75, 3.05) is 24.3 Å². The normalized spacial score (nSPS) is 26.4. The number of imidazole rings is 1. The molecule has 1 saturated heterocycles. The Morgan fingerprint density at radius 3 is 2.59 bits per heavy atom. The quantitative estimate of drug-likeness (QED) is 0.239. The summed E-state index contributed by atoms with van der Waals surface area (Å²) in [6.07, 6.45) is -5.52. The molecular formula is C13H18N6O8. The standard InChI is InChI=1S/C13H18N6O8/c14-12-17-8-5(9(24)18-12)16-13(15-3(1-20)11(25)26)19(8)10-7(23)6(22)4(2-21)27-10/h3-4,6-7,10,20-23H,1-2H2,(H,15,16)(H,25,26)(H3,14,17,18,24)/t3?,4-,6-,7-,10-/m1/s1. The van der Waals surface area contributed by atoms with Crippen LogP contribution in [0, 0.1) is 0 Å². The summed E-state index contributed by atoms with van der Waals surface area (Å²) in [6.45, 7) is -1.41. The van der Waals surface area contributed by atoms with Crippen LogP contribution in [0.3, 0.4) is 0 Å². The fraction of sp³-hybridized carbons (Fsp3) is 0.538. The third-order valence-corrected chi connectivity index (χ3v) is 4.12. The van der Waals surface area contributed by atoms with Crippen LogP contribution in [0.25, 0.3) is 11.2 Å². The molecule has 5 atom stereocenters. The molecule has 1 aliphatic rings. The third-order valence-electron chi connectivity index (χ3n) is 4.12. The minimum absolute atomic E-state index is 0.157. The Hall–Kier alpha value is -2.78. The van der Waals surface area contributed by atoms with Crippen molar-refractivity contribution in [2.45, 2.75) is 30.6 Å². The smallest absolute Gasteiger partial charge is 0.328 e. The SMILES string of the molecule is Nc1nc2c(nc(NC(CO)C(=O)O)n2[C@@H]2O[C@H](CO)[C@@H](O)[C@H]2O)c(=O)[nH]1. The lowest BCUT2D eigenvalue weighted by atomic mass is 10.1. The van der Waals surface area contributed by atoms with Crippen molar-refractivity contribution in [3.63, 3.8) is 0 Å². The maximum atomic E-state index is 12.1. The molecule has 0 aliphatic carbocycles. The lowest BCUT2D eigenvalue weighted by molar-refractivity contribution is -0.138. The van der Waals surface area contributed by atoms with E-state index in [9.17, 15) is 30.0 Å². The zero-order chi connectivity index (χ0) is 19.9. The van der Waals surface area contributed by atoms with Crippen LogP contribution in [-0.4, -0.2) is 88.6 Å². The van der Waals surface area contributed by atoms with Crippen molar-refractivity contribution in [3.8, 4) is 0 Å². The van der Waals surface area contributed by atoms with Crippen molar-refractivity contribution in [3.05, 3.63) is 10.4 Å². The van der Waals surface area contributed by atoms with Crippen molar-refractivity contribution in [1.82, 2.24) is 19.5 Å². The van der Waals surface area contributed by atoms with Gasteiger partial charge in [0.05, 0.1) is 13.2 Å². The molecule has 0 bridgehead atoms. The number of nitrogens with two attached hydrogens (primary N) is 1. The van der Waals surface area contributed by atoms with E-state index in [0.29, 0.717) is 0 Å². The van der Waals surface area contributed by atoms with Crippen LogP contribution in [-0.2, 0) is 9.53 Å². The van der Waals surface area contributed by atoms with Crippen molar-refractivity contribution in [2.24, 2.45) is 0 Å². The van der Waals surface area contributed by atoms with Crippen molar-refractivity contribution >= 4 is 29.0 Å². The molecule has 0 saturated carbocycles. The molecule has 3 rings (SSSR count). The number of nitrogen functional groups attached to an aromatic ring is 1. The number of carbonyl (C=O) groups is 1. The Balaban J connectivity index is 2.17. The second-order valence-corrected chi connectivity index (χ2v) is 5.88. The first-order valence-corrected chi connectivity index (χ1v) is 7.78. The Labute approximate surface area is 149 Å². The van der Waals surface area contributed by atoms with Crippen LogP contribution in [0.15, 0.2) is 4.79 Å². The summed E-state index contributed by atoms with van der Waals surface area (Å²) in [6, 6.07) is -1.49. The average molecular weight is 386 g/mol. The molecule has 2 aromatic heterocycles. The Morgan fingerprint density at radius 2 is 2.04 bits per heavy atom. The van der Waals surface area contributed by atoms with E-state index >= 15 is 0 Å². The number of aliphatic hydroxyl groups is 4. The highest BCUT2D eigenvalue weighted by Gasteiger charge is 2.45. The van der Waals surface area contributed by atoms with Crippen LogP contribution < -0.4 is 16.6 Å². The molecule has 0 amide bonds. The number of nitrogens with one attached hydrogen (secondary N) is 2. The zero-order valence-corrected chi connectivity index (χ0v) is 13.7. The topological polar surface area (TPSA) is 229 Å². The Bertz CT molecular complexity index is 912. The van der Waals surface area contributed by atoms with Crippen LogP contribution >= 0.6 is 0 Å². The van der Waals surface area contributed by atoms with Crippen LogP contribution in [0.1, 0.15) is 6.23 Å². The number of H-pyrrole nitrogens is 1. The number of carboxylic acid groups (broad SMARTS) is 1. The van der Waals surface area contributed by atoms with E-state index in [-0.39, 0.29) is 23.1 Å². The highest BCUT2D eigenvalue weighted by Crippen LogP contribution is 2.34. The third kappa shape index (κ3) is 3.19. The molecule has 14 nitrogen and oxygen atoms in total. The van der Waals surface area contributed by atoms with E-state index in [1.54, 1.807) is 0 Å². The largest absolute Gasteiger partial charge is 0.480 e. The molecule has 0 aromatic carbocycles. The zero-order valence-electron chi connectivity index (χ0n) is 13.7. The molecule has 1 unspecified atom stereocenters. The van der Waals surface area contributed by atoms with Gasteiger partial charge < -0.3 is 41.3 Å². The number of ether oxygens (including phenoxy) is 1. The maximum Gasteiger partial charge on any atom is 0.328 e. The predicted octanol–water partition coefficient (Wildman–Crippen LogP) is -3.83. The van der Waals surface area contributed by atoms with Crippen LogP contribution in [0.2, 0.25) is 0 Å². The Kier molecular flexibility index (Phi) is 4.99. The molecule has 1 fully saturated rings. The van der Waals surface area contributed by atoms with E-state index in [2.05, 4.69) is 20.3 Å². The summed E-state index contributed by atoms with van der Waals surface area (Å²) < 4.78 is 6.45. The minimum Gasteiger partial charge on any atom is -0.480 e. The summed E-state index contributed by atoms with van der Waals surface area (Å²) in [5.41, 5.74) is 4.40. The van der Waals surface area contributed by atoms with Gasteiger partial charge in [-0.1, -0.05) is 0 Å². The predicted molar refractivity (Wildman–Crippen MR) is 87.7 cm³/mol. The first-order chi connectivity index (χ1) is 12.8. The minimum atomic E-state index is -1.56. The number of hydrogen-bond acceptors (Lipinski definition) is 11. The first-order valence-electron chi connectivity index (χ1n) is 7.78. The summed E-state index contributed by atoms with van der Waals surface area (Å²) in [5, 5.41) is 50.3. The Morgan fingerprint density at radius 1 is 1.33 bits per heavy atom. The molecule has 2 aromatic rings. The number of aliphatic hydroxyl groups excluding tert-OH is 4. The summed E-state index contributed by atoms with van der Waals surface area (Å²) in [4.78, 5) is 33.4. The first kappa shape index (κ1) is 19.0. The fourth-order valence-corrected chi connectivity index (χ4v) is 2.78. The van der Waals surface area contributed by atoms with Crippen LogP contribution in [0.4, 0.5) is 11.9 Å². The molecule has 148 valence electrons. The van der Waals surface area contributed by atoms with Gasteiger partial charge in [0.25, 0.3) is 5.56 Å². The highest BCUT2D eigenvalue weighted by molar-refractivity contribution is 5.79. The lowest BCUT2D eigenvalue weighted by Gasteiger charge is -2.21. The van der Waals surface area contributed by atoms with Gasteiger partial charge in [0.15, 0.2) is 17.4 Å². The van der Waals surface area contributed by atoms with Crippen molar-refractivity contribution < 1.29 is 35.1 Å². The van der Waals surface area contributed by atoms with Gasteiger partial charge in [0.2, 0.25) is 11.9 Å². The van der Waals surface area contributed by atoms with Gasteiger partial charge in [0.1, 0.15) is 24.4 Å². The van der Waals surface area contributed by atoms with Gasteiger partial charge >= 0.3 is 5.97 Å². The molecule has 9 N–H and O–H groups in total. The van der Waals surface area contributed by atoms with Gasteiger partial charge in [-0.25, -0.2) is 9.78 Å². The number of aliphatic carboxylic acids is 1. The molecule has 1 aliphatic heterocycles. The average Bonchev–Trinajstić information content (AvgIpc) is 3.10. The second-order valence-electron chi connectivity index (χ2n) is 5.88. The number of rotatable bonds is 6. The van der Waals surface area contributed by atoms with Gasteiger partial charge in [-0.05, 0) is 0 Å². The highest BCUT2D eigenvalue weighted by atomic mass is 16.6. The van der Waals surface area contributed by atoms with Gasteiger partial charge in [0, 0.05) is 0 Å². The van der Waals surface area contributed by atoms with E-state index in [1.165, 1.54) is 0 Å². The fourth-order valence-electron chi connectivity index (χ4n) is 2.78. The van der Waals surface area contributed by atoms with E-state index in [1.807, 2.05) is 0 Å². The molecule has 0 spiro atoms. The van der Waals surface area contributed by atoms with Gasteiger partial charge in [-0.15, -0.1) is 0 Å². The van der Waals surface area contributed by atoms with Crippen molar-refractivity contribution in [1.29, 1.82) is 0 Å². The number of fused-ring (bicyclic) bond motifs is 1.